The summed E-state index contributed by atoms with van der Waals surface area (Å²) in [5, 5.41) is 25.0. The lowest BCUT2D eigenvalue weighted by Crippen LogP contribution is -2.19. The molecule has 12 heteroatoms. The van der Waals surface area contributed by atoms with Gasteiger partial charge in [0.25, 0.3) is 0 Å². The highest BCUT2D eigenvalue weighted by atomic mass is 19.4. The van der Waals surface area contributed by atoms with Crippen molar-refractivity contribution in [2.24, 2.45) is 0 Å². The van der Waals surface area contributed by atoms with Gasteiger partial charge in [-0.3, -0.25) is 9.25 Å². The third kappa shape index (κ3) is 4.62. The Morgan fingerprint density at radius 1 is 1.03 bits per heavy atom. The SMILES string of the molecule is Cc1ccc(Nc2ccc3c(c2)ncn3-c2ccc(CO)c(-c3cnn(CC(F)(F)F)c3C)n2)nn1. The first-order valence-corrected chi connectivity index (χ1v) is 11.0. The summed E-state index contributed by atoms with van der Waals surface area (Å²) < 4.78 is 41.4. The molecule has 0 radical (unpaired) electrons. The number of aliphatic hydroxyl groups excluding tert-OH is 1. The number of aliphatic hydroxyl groups is 1. The number of aryl methyl sites for hydroxylation is 1. The molecule has 5 rings (SSSR count). The molecule has 0 saturated heterocycles. The van der Waals surface area contributed by atoms with Gasteiger partial charge in [0.15, 0.2) is 5.82 Å². The molecule has 0 spiro atoms. The maximum Gasteiger partial charge on any atom is 0.408 e. The van der Waals surface area contributed by atoms with Crippen molar-refractivity contribution in [2.75, 3.05) is 5.32 Å². The van der Waals surface area contributed by atoms with Crippen LogP contribution in [0.1, 0.15) is 17.0 Å². The lowest BCUT2D eigenvalue weighted by Gasteiger charge is -2.12. The maximum absolute atomic E-state index is 12.9. The number of hydrogen-bond acceptors (Lipinski definition) is 7. The predicted molar refractivity (Wildman–Crippen MR) is 127 cm³/mol. The molecule has 0 bridgehead atoms. The number of hydrogen-bond donors (Lipinski definition) is 2. The number of aromatic nitrogens is 7. The standard InChI is InChI=1S/C24H21F3N8O/c1-14-3-7-21(33-32-14)30-17-5-6-20-19(9-17)28-13-34(20)22-8-4-16(11-36)23(31-22)18-10-29-35(15(18)2)12-24(25,26)27/h3-10,13,36H,11-12H2,1-2H3,(H,30,33). The molecule has 5 aromatic rings. The lowest BCUT2D eigenvalue weighted by molar-refractivity contribution is -0.142. The molecule has 0 fully saturated rings. The first-order chi connectivity index (χ1) is 17.2. The van der Waals surface area contributed by atoms with Crippen LogP contribution in [0.3, 0.4) is 0 Å². The molecule has 0 aliphatic rings. The summed E-state index contributed by atoms with van der Waals surface area (Å²) in [5.74, 6) is 1.10. The fraction of sp³-hybridized carbons (Fsp3) is 0.208. The van der Waals surface area contributed by atoms with Crippen LogP contribution in [0.15, 0.2) is 55.0 Å². The largest absolute Gasteiger partial charge is 0.408 e. The number of benzene rings is 1. The van der Waals surface area contributed by atoms with E-state index in [1.54, 1.807) is 30.0 Å². The molecular formula is C24H21F3N8O. The Bertz CT molecular complexity index is 1540. The molecule has 36 heavy (non-hydrogen) atoms. The van der Waals surface area contributed by atoms with Crippen molar-refractivity contribution in [1.29, 1.82) is 0 Å². The Morgan fingerprint density at radius 2 is 1.86 bits per heavy atom. The van der Waals surface area contributed by atoms with Crippen LogP contribution >= 0.6 is 0 Å². The number of alkyl halides is 3. The number of nitrogens with one attached hydrogen (secondary N) is 1. The Kier molecular flexibility index (Phi) is 5.88. The van der Waals surface area contributed by atoms with Crippen LogP contribution in [0, 0.1) is 13.8 Å². The summed E-state index contributed by atoms with van der Waals surface area (Å²) in [6.07, 6.45) is -1.45. The number of fused-ring (bicyclic) bond motifs is 1. The van der Waals surface area contributed by atoms with E-state index in [0.717, 1.165) is 21.6 Å². The van der Waals surface area contributed by atoms with Gasteiger partial charge in [-0.1, -0.05) is 6.07 Å². The zero-order valence-corrected chi connectivity index (χ0v) is 19.3. The fourth-order valence-electron chi connectivity index (χ4n) is 3.87. The number of imidazole rings is 1. The molecule has 0 aliphatic heterocycles. The minimum Gasteiger partial charge on any atom is -0.392 e. The van der Waals surface area contributed by atoms with Crippen molar-refractivity contribution in [2.45, 2.75) is 33.2 Å². The molecule has 0 amide bonds. The van der Waals surface area contributed by atoms with Crippen LogP contribution in [0.25, 0.3) is 28.1 Å². The maximum atomic E-state index is 12.9. The van der Waals surface area contributed by atoms with E-state index in [4.69, 9.17) is 0 Å². The van der Waals surface area contributed by atoms with E-state index in [1.807, 2.05) is 37.3 Å². The summed E-state index contributed by atoms with van der Waals surface area (Å²) >= 11 is 0. The minimum absolute atomic E-state index is 0.303. The van der Waals surface area contributed by atoms with Gasteiger partial charge in [0.1, 0.15) is 18.7 Å². The third-order valence-electron chi connectivity index (χ3n) is 5.69. The summed E-state index contributed by atoms with van der Waals surface area (Å²) in [5.41, 5.74) is 4.62. The Labute approximate surface area is 203 Å². The summed E-state index contributed by atoms with van der Waals surface area (Å²) in [6, 6.07) is 12.7. The van der Waals surface area contributed by atoms with E-state index in [1.165, 1.54) is 6.20 Å². The third-order valence-corrected chi connectivity index (χ3v) is 5.69. The molecule has 1 aromatic carbocycles. The van der Waals surface area contributed by atoms with Crippen LogP contribution in [0.5, 0.6) is 0 Å². The average Bonchev–Trinajstić information content (AvgIpc) is 3.42. The van der Waals surface area contributed by atoms with E-state index in [-0.39, 0.29) is 6.61 Å². The number of anilines is 2. The van der Waals surface area contributed by atoms with Gasteiger partial charge in [0.05, 0.1) is 35.2 Å². The smallest absolute Gasteiger partial charge is 0.392 e. The molecule has 4 aromatic heterocycles. The van der Waals surface area contributed by atoms with Crippen LogP contribution in [0.2, 0.25) is 0 Å². The van der Waals surface area contributed by atoms with Gasteiger partial charge in [-0.15, -0.1) is 5.10 Å². The van der Waals surface area contributed by atoms with Crippen molar-refractivity contribution >= 4 is 22.5 Å². The zero-order valence-electron chi connectivity index (χ0n) is 19.3. The van der Waals surface area contributed by atoms with E-state index < -0.39 is 12.7 Å². The Morgan fingerprint density at radius 3 is 2.58 bits per heavy atom. The van der Waals surface area contributed by atoms with Gasteiger partial charge in [-0.05, 0) is 50.2 Å². The Hall–Kier alpha value is -4.32. The van der Waals surface area contributed by atoms with Gasteiger partial charge in [0.2, 0.25) is 0 Å². The fourth-order valence-corrected chi connectivity index (χ4v) is 3.87. The van der Waals surface area contributed by atoms with Crippen LogP contribution in [-0.4, -0.2) is 45.8 Å². The van der Waals surface area contributed by atoms with E-state index in [0.29, 0.717) is 39.7 Å². The topological polar surface area (TPSA) is 107 Å². The molecule has 0 atom stereocenters. The number of rotatable bonds is 6. The molecule has 0 aliphatic carbocycles. The minimum atomic E-state index is -4.40. The molecule has 184 valence electrons. The number of pyridine rings is 1. The average molecular weight is 494 g/mol. The lowest BCUT2D eigenvalue weighted by atomic mass is 10.1. The van der Waals surface area contributed by atoms with Gasteiger partial charge in [-0.25, -0.2) is 9.97 Å². The van der Waals surface area contributed by atoms with Gasteiger partial charge < -0.3 is 10.4 Å². The van der Waals surface area contributed by atoms with Crippen molar-refractivity contribution in [3.05, 3.63) is 71.9 Å². The van der Waals surface area contributed by atoms with Gasteiger partial charge in [0, 0.05) is 22.5 Å². The monoisotopic (exact) mass is 494 g/mol. The highest BCUT2D eigenvalue weighted by Gasteiger charge is 2.30. The van der Waals surface area contributed by atoms with Crippen molar-refractivity contribution < 1.29 is 18.3 Å². The normalized spacial score (nSPS) is 11.8. The van der Waals surface area contributed by atoms with Crippen molar-refractivity contribution in [1.82, 2.24) is 34.5 Å². The Balaban J connectivity index is 1.50. The van der Waals surface area contributed by atoms with Crippen molar-refractivity contribution in [3.63, 3.8) is 0 Å². The molecule has 0 unspecified atom stereocenters. The van der Waals surface area contributed by atoms with E-state index in [9.17, 15) is 18.3 Å². The van der Waals surface area contributed by atoms with Crippen LogP contribution < -0.4 is 5.32 Å². The van der Waals surface area contributed by atoms with Crippen molar-refractivity contribution in [3.8, 4) is 17.1 Å². The van der Waals surface area contributed by atoms with E-state index in [2.05, 4.69) is 30.6 Å². The molecular weight excluding hydrogens is 473 g/mol. The van der Waals surface area contributed by atoms with Gasteiger partial charge >= 0.3 is 6.18 Å². The highest BCUT2D eigenvalue weighted by Crippen LogP contribution is 2.29. The van der Waals surface area contributed by atoms with Crippen LogP contribution in [0.4, 0.5) is 24.7 Å². The first-order valence-electron chi connectivity index (χ1n) is 11.0. The second-order valence-corrected chi connectivity index (χ2v) is 8.25. The number of nitrogens with zero attached hydrogens (tertiary/aromatic N) is 7. The van der Waals surface area contributed by atoms with Crippen LogP contribution in [-0.2, 0) is 13.2 Å². The summed E-state index contributed by atoms with van der Waals surface area (Å²) in [6.45, 7) is 1.87. The summed E-state index contributed by atoms with van der Waals surface area (Å²) in [7, 11) is 0. The second kappa shape index (κ2) is 9.04. The zero-order chi connectivity index (χ0) is 25.4. The first kappa shape index (κ1) is 23.4. The molecule has 4 heterocycles. The van der Waals surface area contributed by atoms with Gasteiger partial charge in [-0.2, -0.15) is 23.4 Å². The second-order valence-electron chi connectivity index (χ2n) is 8.25. The predicted octanol–water partition coefficient (Wildman–Crippen LogP) is 4.49. The summed E-state index contributed by atoms with van der Waals surface area (Å²) in [4.78, 5) is 9.14. The number of halogens is 3. The quantitative estimate of drug-likeness (QED) is 0.358. The molecule has 2 N–H and O–H groups in total. The highest BCUT2D eigenvalue weighted by molar-refractivity contribution is 5.82. The molecule has 9 nitrogen and oxygen atoms in total. The molecule has 0 saturated carbocycles. The van der Waals surface area contributed by atoms with E-state index >= 15 is 0 Å².